The summed E-state index contributed by atoms with van der Waals surface area (Å²) >= 11 is 0. The first kappa shape index (κ1) is 22.6. The molecule has 0 saturated heterocycles. The molecule has 0 radical (unpaired) electrons. The Labute approximate surface area is 193 Å². The summed E-state index contributed by atoms with van der Waals surface area (Å²) in [7, 11) is 0. The molecule has 4 aromatic rings. The second-order valence-corrected chi connectivity index (χ2v) is 9.34. The number of benzene rings is 1. The molecule has 0 saturated carbocycles. The van der Waals surface area contributed by atoms with E-state index in [0.717, 1.165) is 53.6 Å². The van der Waals surface area contributed by atoms with E-state index >= 15 is 0 Å². The lowest BCUT2D eigenvalue weighted by atomic mass is 10.00. The maximum absolute atomic E-state index is 13.2. The van der Waals surface area contributed by atoms with Crippen LogP contribution in [-0.4, -0.2) is 34.7 Å². The molecule has 1 N–H and O–H groups in total. The molecule has 0 aliphatic heterocycles. The van der Waals surface area contributed by atoms with E-state index in [1.54, 1.807) is 12.4 Å². The number of unbranched alkanes of at least 4 members (excludes halogenated alkanes) is 2. The van der Waals surface area contributed by atoms with Crippen LogP contribution in [0.15, 0.2) is 53.7 Å². The minimum atomic E-state index is -0.251. The van der Waals surface area contributed by atoms with Gasteiger partial charge in [-0.05, 0) is 61.6 Å². The van der Waals surface area contributed by atoms with Gasteiger partial charge < -0.3 is 0 Å². The second kappa shape index (κ2) is 9.52. The van der Waals surface area contributed by atoms with Crippen molar-refractivity contribution in [3.63, 3.8) is 0 Å². The number of aromatic amines is 1. The third-order valence-electron chi connectivity index (χ3n) is 5.83. The van der Waals surface area contributed by atoms with E-state index in [1.807, 2.05) is 21.4 Å². The molecule has 0 aliphatic carbocycles. The van der Waals surface area contributed by atoms with Gasteiger partial charge in [0, 0.05) is 35.4 Å². The van der Waals surface area contributed by atoms with Crippen LogP contribution in [0.4, 0.5) is 0 Å². The van der Waals surface area contributed by atoms with Gasteiger partial charge in [-0.2, -0.15) is 5.21 Å². The average Bonchev–Trinajstić information content (AvgIpc) is 3.44. The largest absolute Gasteiger partial charge is 0.329 e. The summed E-state index contributed by atoms with van der Waals surface area (Å²) in [6, 6.07) is 10.2. The fourth-order valence-electron chi connectivity index (χ4n) is 4.00. The number of aryl methyl sites for hydroxylation is 1. The summed E-state index contributed by atoms with van der Waals surface area (Å²) in [6.45, 7) is 8.96. The third kappa shape index (κ3) is 4.94. The molecule has 33 heavy (non-hydrogen) atoms. The Bertz CT molecular complexity index is 1250. The van der Waals surface area contributed by atoms with Crippen LogP contribution in [0, 0.1) is 0 Å². The fraction of sp³-hybridized carbons (Fsp3) is 0.400. The van der Waals surface area contributed by atoms with E-state index in [0.29, 0.717) is 12.4 Å². The SMILES string of the molecule is CCCCCc1cn(C(C)(C)C)c(=O)n1Cc1ccc(-c2ccncc2-c2nn[nH]n2)cc1. The molecule has 8 nitrogen and oxygen atoms in total. The molecule has 1 aromatic carbocycles. The van der Waals surface area contributed by atoms with Crippen molar-refractivity contribution in [3.8, 4) is 22.5 Å². The van der Waals surface area contributed by atoms with Crippen LogP contribution in [0.1, 0.15) is 58.2 Å². The smallest absolute Gasteiger partial charge is 0.294 e. The highest BCUT2D eigenvalue weighted by atomic mass is 16.1. The van der Waals surface area contributed by atoms with E-state index in [1.165, 1.54) is 0 Å². The first-order valence-electron chi connectivity index (χ1n) is 11.5. The number of pyridine rings is 1. The number of aromatic nitrogens is 7. The fourth-order valence-corrected chi connectivity index (χ4v) is 4.00. The Morgan fingerprint density at radius 3 is 2.48 bits per heavy atom. The van der Waals surface area contributed by atoms with Gasteiger partial charge in [-0.15, -0.1) is 10.2 Å². The summed E-state index contributed by atoms with van der Waals surface area (Å²) in [6.07, 6.45) is 9.86. The molecule has 3 aromatic heterocycles. The molecule has 0 unspecified atom stereocenters. The highest BCUT2D eigenvalue weighted by molar-refractivity contribution is 5.79. The number of rotatable bonds is 8. The number of tetrazole rings is 1. The maximum Gasteiger partial charge on any atom is 0.329 e. The van der Waals surface area contributed by atoms with Gasteiger partial charge in [0.1, 0.15) is 0 Å². The van der Waals surface area contributed by atoms with Gasteiger partial charge in [-0.1, -0.05) is 44.0 Å². The number of imidazole rings is 1. The summed E-state index contributed by atoms with van der Waals surface area (Å²) in [4.78, 5) is 17.4. The predicted octanol–water partition coefficient (Wildman–Crippen LogP) is 4.43. The number of H-pyrrole nitrogens is 1. The lowest BCUT2D eigenvalue weighted by Gasteiger charge is -2.19. The molecular formula is C25H31N7O. The molecule has 172 valence electrons. The molecule has 0 atom stereocenters. The standard InChI is InChI=1S/C25H31N7O/c1-5-6-7-8-20-17-32(25(2,3)4)24(33)31(20)16-18-9-11-19(12-10-18)21-13-14-26-15-22(21)23-27-29-30-28-23/h9-15,17H,5-8,16H2,1-4H3,(H,27,28,29,30). The summed E-state index contributed by atoms with van der Waals surface area (Å²) in [5, 5.41) is 14.3. The van der Waals surface area contributed by atoms with E-state index in [9.17, 15) is 4.79 Å². The molecule has 0 fully saturated rings. The van der Waals surface area contributed by atoms with E-state index in [4.69, 9.17) is 0 Å². The van der Waals surface area contributed by atoms with Gasteiger partial charge in [0.2, 0.25) is 5.82 Å². The molecule has 3 heterocycles. The lowest BCUT2D eigenvalue weighted by Crippen LogP contribution is -2.34. The molecular weight excluding hydrogens is 414 g/mol. The lowest BCUT2D eigenvalue weighted by molar-refractivity contribution is 0.380. The first-order chi connectivity index (χ1) is 15.9. The Hall–Kier alpha value is -3.55. The summed E-state index contributed by atoms with van der Waals surface area (Å²) in [5.41, 5.74) is 4.80. The summed E-state index contributed by atoms with van der Waals surface area (Å²) in [5.74, 6) is 0.508. The van der Waals surface area contributed by atoms with Crippen molar-refractivity contribution >= 4 is 0 Å². The molecule has 4 rings (SSSR count). The number of nitrogens with zero attached hydrogens (tertiary/aromatic N) is 6. The predicted molar refractivity (Wildman–Crippen MR) is 129 cm³/mol. The Balaban J connectivity index is 1.63. The molecule has 0 bridgehead atoms. The van der Waals surface area contributed by atoms with Crippen molar-refractivity contribution in [2.45, 2.75) is 65.5 Å². The quantitative estimate of drug-likeness (QED) is 0.405. The van der Waals surface area contributed by atoms with Gasteiger partial charge >= 0.3 is 5.69 Å². The molecule has 0 spiro atoms. The van der Waals surface area contributed by atoms with Gasteiger partial charge in [-0.25, -0.2) is 4.79 Å². The van der Waals surface area contributed by atoms with E-state index in [2.05, 4.69) is 77.6 Å². The van der Waals surface area contributed by atoms with E-state index < -0.39 is 0 Å². The maximum atomic E-state index is 13.2. The van der Waals surface area contributed by atoms with Crippen molar-refractivity contribution in [2.75, 3.05) is 0 Å². The first-order valence-corrected chi connectivity index (χ1v) is 11.5. The van der Waals surface area contributed by atoms with Crippen molar-refractivity contribution in [1.29, 1.82) is 0 Å². The van der Waals surface area contributed by atoms with Crippen LogP contribution in [0.3, 0.4) is 0 Å². The third-order valence-corrected chi connectivity index (χ3v) is 5.83. The van der Waals surface area contributed by atoms with Crippen molar-refractivity contribution < 1.29 is 0 Å². The van der Waals surface area contributed by atoms with Crippen LogP contribution in [-0.2, 0) is 18.5 Å². The minimum Gasteiger partial charge on any atom is -0.294 e. The molecule has 0 aliphatic rings. The van der Waals surface area contributed by atoms with Crippen LogP contribution in [0.25, 0.3) is 22.5 Å². The molecule has 0 amide bonds. The van der Waals surface area contributed by atoms with Crippen LogP contribution in [0.2, 0.25) is 0 Å². The Morgan fingerprint density at radius 1 is 1.03 bits per heavy atom. The van der Waals surface area contributed by atoms with Crippen molar-refractivity contribution in [1.82, 2.24) is 34.7 Å². The zero-order valence-corrected chi connectivity index (χ0v) is 19.7. The van der Waals surface area contributed by atoms with Gasteiger partial charge in [0.15, 0.2) is 0 Å². The van der Waals surface area contributed by atoms with Crippen LogP contribution in [0.5, 0.6) is 0 Å². The highest BCUT2D eigenvalue weighted by Crippen LogP contribution is 2.29. The minimum absolute atomic E-state index is 0.0478. The van der Waals surface area contributed by atoms with Crippen LogP contribution >= 0.6 is 0 Å². The topological polar surface area (TPSA) is 94.3 Å². The zero-order valence-electron chi connectivity index (χ0n) is 19.7. The normalized spacial score (nSPS) is 11.8. The Morgan fingerprint density at radius 2 is 1.82 bits per heavy atom. The van der Waals surface area contributed by atoms with Gasteiger partial charge in [0.25, 0.3) is 0 Å². The van der Waals surface area contributed by atoms with E-state index in [-0.39, 0.29) is 11.2 Å². The van der Waals surface area contributed by atoms with Gasteiger partial charge in [0.05, 0.1) is 6.54 Å². The summed E-state index contributed by atoms with van der Waals surface area (Å²) < 4.78 is 3.78. The highest BCUT2D eigenvalue weighted by Gasteiger charge is 2.20. The van der Waals surface area contributed by atoms with Crippen molar-refractivity contribution in [3.05, 3.63) is 70.7 Å². The average molecular weight is 446 g/mol. The van der Waals surface area contributed by atoms with Crippen molar-refractivity contribution in [2.24, 2.45) is 0 Å². The Kier molecular flexibility index (Phi) is 6.53. The second-order valence-electron chi connectivity index (χ2n) is 9.34. The van der Waals surface area contributed by atoms with Gasteiger partial charge in [-0.3, -0.25) is 14.1 Å². The monoisotopic (exact) mass is 445 g/mol. The number of hydrogen-bond donors (Lipinski definition) is 1. The number of nitrogens with one attached hydrogen (secondary N) is 1. The van der Waals surface area contributed by atoms with Crippen LogP contribution < -0.4 is 5.69 Å². The zero-order chi connectivity index (χ0) is 23.4. The molecule has 8 heteroatoms. The number of hydrogen-bond acceptors (Lipinski definition) is 5.